The van der Waals surface area contributed by atoms with Gasteiger partial charge in [-0.15, -0.1) is 11.3 Å². The molecule has 174 valence electrons. The van der Waals surface area contributed by atoms with Gasteiger partial charge < -0.3 is 9.64 Å². The molecular formula is C26H35NO4S. The number of thiophene rings is 1. The van der Waals surface area contributed by atoms with E-state index in [1.54, 1.807) is 0 Å². The zero-order chi connectivity index (χ0) is 22.7. The van der Waals surface area contributed by atoms with E-state index in [1.165, 1.54) is 30.4 Å². The molecule has 2 fully saturated rings. The van der Waals surface area contributed by atoms with Crippen LogP contribution in [0.5, 0.6) is 0 Å². The number of hydrogen-bond donors (Lipinski definition) is 0. The monoisotopic (exact) mass is 457 g/mol. The van der Waals surface area contributed by atoms with E-state index in [0.717, 1.165) is 49.8 Å². The van der Waals surface area contributed by atoms with Gasteiger partial charge in [0.05, 0.1) is 12.8 Å². The second-order valence-corrected chi connectivity index (χ2v) is 10.8. The zero-order valence-electron chi connectivity index (χ0n) is 19.4. The van der Waals surface area contributed by atoms with Gasteiger partial charge >= 0.3 is 5.97 Å². The average Bonchev–Trinajstić information content (AvgIpc) is 3.26. The molecule has 0 bridgehead atoms. The highest BCUT2D eigenvalue weighted by Crippen LogP contribution is 2.42. The molecule has 0 aromatic carbocycles. The number of ether oxygens (including phenoxy) is 1. The number of methoxy groups -OCH3 is 1. The van der Waals surface area contributed by atoms with Crippen molar-refractivity contribution in [1.29, 1.82) is 0 Å². The van der Waals surface area contributed by atoms with E-state index in [0.29, 0.717) is 42.2 Å². The smallest absolute Gasteiger partial charge is 0.350 e. The molecule has 0 radical (unpaired) electrons. The van der Waals surface area contributed by atoms with E-state index in [2.05, 4.69) is 13.0 Å². The number of esters is 1. The van der Waals surface area contributed by atoms with Crippen molar-refractivity contribution >= 4 is 40.3 Å². The molecule has 0 saturated heterocycles. The predicted molar refractivity (Wildman–Crippen MR) is 128 cm³/mol. The highest BCUT2D eigenvalue weighted by Gasteiger charge is 2.37. The summed E-state index contributed by atoms with van der Waals surface area (Å²) in [6.45, 7) is 2.25. The Morgan fingerprint density at radius 1 is 1.03 bits per heavy atom. The molecule has 0 unspecified atom stereocenters. The number of anilines is 1. The second kappa shape index (κ2) is 10.3. The van der Waals surface area contributed by atoms with Gasteiger partial charge in [-0.1, -0.05) is 13.0 Å². The normalized spacial score (nSPS) is 24.7. The van der Waals surface area contributed by atoms with Gasteiger partial charge in [0.25, 0.3) is 0 Å². The van der Waals surface area contributed by atoms with Crippen molar-refractivity contribution in [2.75, 3.05) is 12.0 Å². The SMILES string of the molecule is COC(=O)c1sc(C2=CCCCC2)cc1N(C(=O)[C@H]1CC[C@H](C)CC1)C1CCC(=O)CC1. The largest absolute Gasteiger partial charge is 0.465 e. The molecule has 0 atom stereocenters. The fourth-order valence-corrected chi connectivity index (χ4v) is 6.54. The molecule has 5 nitrogen and oxygen atoms in total. The summed E-state index contributed by atoms with van der Waals surface area (Å²) in [4.78, 5) is 42.1. The molecule has 32 heavy (non-hydrogen) atoms. The molecule has 1 aromatic rings. The van der Waals surface area contributed by atoms with Crippen molar-refractivity contribution in [1.82, 2.24) is 0 Å². The van der Waals surface area contributed by atoms with Gasteiger partial charge in [-0.3, -0.25) is 9.59 Å². The lowest BCUT2D eigenvalue weighted by Gasteiger charge is -2.37. The van der Waals surface area contributed by atoms with E-state index >= 15 is 0 Å². The van der Waals surface area contributed by atoms with Crippen LogP contribution in [-0.4, -0.2) is 30.8 Å². The molecule has 0 N–H and O–H groups in total. The second-order valence-electron chi connectivity index (χ2n) is 9.73. The van der Waals surface area contributed by atoms with Crippen LogP contribution < -0.4 is 4.90 Å². The highest BCUT2D eigenvalue weighted by molar-refractivity contribution is 7.15. The van der Waals surface area contributed by atoms with Crippen molar-refractivity contribution in [3.8, 4) is 0 Å². The minimum atomic E-state index is -0.380. The van der Waals surface area contributed by atoms with E-state index in [4.69, 9.17) is 4.74 Å². The minimum absolute atomic E-state index is 0.00780. The zero-order valence-corrected chi connectivity index (χ0v) is 20.2. The molecule has 3 aliphatic carbocycles. The van der Waals surface area contributed by atoms with Gasteiger partial charge in [0.15, 0.2) is 0 Å². The van der Waals surface area contributed by atoms with Crippen molar-refractivity contribution < 1.29 is 19.1 Å². The van der Waals surface area contributed by atoms with Gasteiger partial charge in [0, 0.05) is 29.7 Å². The van der Waals surface area contributed by atoms with Crippen LogP contribution in [0.15, 0.2) is 12.1 Å². The van der Waals surface area contributed by atoms with Crippen molar-refractivity contribution in [3.63, 3.8) is 0 Å². The Morgan fingerprint density at radius 3 is 2.38 bits per heavy atom. The number of allylic oxidation sites excluding steroid dienone is 2. The summed E-state index contributed by atoms with van der Waals surface area (Å²) >= 11 is 1.45. The maximum atomic E-state index is 13.9. The lowest BCUT2D eigenvalue weighted by atomic mass is 9.81. The minimum Gasteiger partial charge on any atom is -0.465 e. The van der Waals surface area contributed by atoms with Crippen LogP contribution >= 0.6 is 11.3 Å². The van der Waals surface area contributed by atoms with Crippen LogP contribution in [0.25, 0.3) is 5.57 Å². The number of carbonyl (C=O) groups is 3. The van der Waals surface area contributed by atoms with Crippen LogP contribution in [0.4, 0.5) is 5.69 Å². The predicted octanol–water partition coefficient (Wildman–Crippen LogP) is 6.16. The number of hydrogen-bond acceptors (Lipinski definition) is 5. The van der Waals surface area contributed by atoms with Crippen molar-refractivity contribution in [2.24, 2.45) is 11.8 Å². The molecule has 1 amide bonds. The van der Waals surface area contributed by atoms with Gasteiger partial charge in [-0.05, 0) is 81.8 Å². The quantitative estimate of drug-likeness (QED) is 0.497. The first-order valence-electron chi connectivity index (χ1n) is 12.2. The lowest BCUT2D eigenvalue weighted by molar-refractivity contribution is -0.125. The fourth-order valence-electron chi connectivity index (χ4n) is 5.40. The number of amides is 1. The van der Waals surface area contributed by atoms with Crippen LogP contribution in [0.1, 0.15) is 98.5 Å². The number of carbonyl (C=O) groups excluding carboxylic acids is 3. The summed E-state index contributed by atoms with van der Waals surface area (Å²) in [5.41, 5.74) is 1.97. The Labute approximate surface area is 195 Å². The van der Waals surface area contributed by atoms with Crippen LogP contribution in [0.2, 0.25) is 0 Å². The third-order valence-electron chi connectivity index (χ3n) is 7.43. The van der Waals surface area contributed by atoms with Crippen LogP contribution in [0.3, 0.4) is 0 Å². The first kappa shape index (κ1) is 23.2. The summed E-state index contributed by atoms with van der Waals surface area (Å²) in [5, 5.41) is 0. The third kappa shape index (κ3) is 5.00. The maximum Gasteiger partial charge on any atom is 0.350 e. The highest BCUT2D eigenvalue weighted by atomic mass is 32.1. The topological polar surface area (TPSA) is 63.7 Å². The summed E-state index contributed by atoms with van der Waals surface area (Å²) in [7, 11) is 1.40. The number of ketones is 1. The van der Waals surface area contributed by atoms with E-state index in [1.807, 2.05) is 11.0 Å². The summed E-state index contributed by atoms with van der Waals surface area (Å²) in [5.74, 6) is 0.674. The Kier molecular flexibility index (Phi) is 7.49. The molecule has 6 heteroatoms. The average molecular weight is 458 g/mol. The van der Waals surface area contributed by atoms with Gasteiger partial charge in [-0.2, -0.15) is 0 Å². The first-order valence-corrected chi connectivity index (χ1v) is 13.1. The first-order chi connectivity index (χ1) is 15.5. The molecule has 1 heterocycles. The Bertz CT molecular complexity index is 884. The van der Waals surface area contributed by atoms with E-state index < -0.39 is 0 Å². The van der Waals surface area contributed by atoms with Crippen LogP contribution in [0, 0.1) is 11.8 Å². The Morgan fingerprint density at radius 2 is 1.75 bits per heavy atom. The summed E-state index contributed by atoms with van der Waals surface area (Å²) < 4.78 is 5.13. The molecule has 3 aliphatic rings. The molecule has 0 spiro atoms. The molecule has 1 aromatic heterocycles. The summed E-state index contributed by atoms with van der Waals surface area (Å²) in [6, 6.07) is 2.01. The summed E-state index contributed by atoms with van der Waals surface area (Å²) in [6.07, 6.45) is 13.0. The van der Waals surface area contributed by atoms with Crippen LogP contribution in [-0.2, 0) is 14.3 Å². The van der Waals surface area contributed by atoms with Gasteiger partial charge in [0.2, 0.25) is 5.91 Å². The van der Waals surface area contributed by atoms with Crippen molar-refractivity contribution in [2.45, 2.75) is 90.0 Å². The fraction of sp³-hybridized carbons (Fsp3) is 0.654. The number of nitrogens with zero attached hydrogens (tertiary/aromatic N) is 1. The van der Waals surface area contributed by atoms with Gasteiger partial charge in [-0.25, -0.2) is 4.79 Å². The van der Waals surface area contributed by atoms with Gasteiger partial charge in [0.1, 0.15) is 10.7 Å². The lowest BCUT2D eigenvalue weighted by Crippen LogP contribution is -2.46. The molecular weight excluding hydrogens is 422 g/mol. The Hall–Kier alpha value is -1.95. The molecule has 2 saturated carbocycles. The number of rotatable bonds is 5. The third-order valence-corrected chi connectivity index (χ3v) is 8.61. The Balaban J connectivity index is 1.72. The maximum absolute atomic E-state index is 13.9. The number of Topliss-reactive ketones (excluding diaryl/α,β-unsaturated/α-hetero) is 1. The van der Waals surface area contributed by atoms with Crippen molar-refractivity contribution in [3.05, 3.63) is 21.9 Å². The van der Waals surface area contributed by atoms with E-state index in [-0.39, 0.29) is 29.6 Å². The molecule has 0 aliphatic heterocycles. The molecule has 4 rings (SSSR count). The van der Waals surface area contributed by atoms with E-state index in [9.17, 15) is 14.4 Å². The standard InChI is InChI=1S/C26H35NO4S/c1-17-8-10-19(11-9-17)25(29)27(20-12-14-21(28)15-13-20)22-16-23(18-6-4-3-5-7-18)32-24(22)26(30)31-2/h6,16-17,19-20H,3-5,7-15H2,1-2H3/t17-,19-.